The smallest absolute Gasteiger partial charge is 0.335 e. The van der Waals surface area contributed by atoms with E-state index < -0.39 is 5.97 Å². The zero-order valence-electron chi connectivity index (χ0n) is 11.4. The molecule has 0 atom stereocenters. The summed E-state index contributed by atoms with van der Waals surface area (Å²) in [6.07, 6.45) is 0. The number of ether oxygens (including phenoxy) is 1. The van der Waals surface area contributed by atoms with Gasteiger partial charge in [-0.1, -0.05) is 23.4 Å². The molecular weight excluding hydrogens is 270 g/mol. The molecule has 21 heavy (non-hydrogen) atoms. The van der Waals surface area contributed by atoms with E-state index in [4.69, 9.17) is 9.84 Å². The summed E-state index contributed by atoms with van der Waals surface area (Å²) in [7, 11) is 1.61. The van der Waals surface area contributed by atoms with Crippen LogP contribution < -0.4 is 4.74 Å². The molecule has 0 fully saturated rings. The molecule has 1 aromatic heterocycles. The van der Waals surface area contributed by atoms with E-state index in [0.29, 0.717) is 17.6 Å². The minimum absolute atomic E-state index is 0.214. The first-order valence-corrected chi connectivity index (χ1v) is 6.37. The Kier molecular flexibility index (Phi) is 3.27. The van der Waals surface area contributed by atoms with Gasteiger partial charge in [0.05, 0.1) is 24.7 Å². The fourth-order valence-corrected chi connectivity index (χ4v) is 2.21. The highest BCUT2D eigenvalue weighted by molar-refractivity contribution is 5.92. The number of benzene rings is 2. The molecule has 6 heteroatoms. The predicted molar refractivity (Wildman–Crippen MR) is 76.6 cm³/mol. The molecule has 0 aliphatic rings. The van der Waals surface area contributed by atoms with Crippen LogP contribution in [0.25, 0.3) is 11.0 Å². The van der Waals surface area contributed by atoms with Crippen molar-refractivity contribution in [2.75, 3.05) is 7.11 Å². The van der Waals surface area contributed by atoms with Gasteiger partial charge in [0.2, 0.25) is 0 Å². The molecule has 1 N–H and O–H groups in total. The molecule has 0 saturated heterocycles. The minimum Gasteiger partial charge on any atom is -0.496 e. The summed E-state index contributed by atoms with van der Waals surface area (Å²) in [4.78, 5) is 11.1. The maximum absolute atomic E-state index is 11.1. The Bertz CT molecular complexity index is 811. The van der Waals surface area contributed by atoms with E-state index in [1.54, 1.807) is 23.9 Å². The lowest BCUT2D eigenvalue weighted by atomic mass is 10.2. The monoisotopic (exact) mass is 283 g/mol. The van der Waals surface area contributed by atoms with Crippen molar-refractivity contribution in [2.24, 2.45) is 0 Å². The van der Waals surface area contributed by atoms with E-state index in [1.165, 1.54) is 6.07 Å². The predicted octanol–water partition coefficient (Wildman–Crippen LogP) is 2.19. The third-order valence-electron chi connectivity index (χ3n) is 3.27. The van der Waals surface area contributed by atoms with E-state index in [2.05, 4.69) is 10.3 Å². The number of fused-ring (bicyclic) bond motifs is 1. The molecule has 6 nitrogen and oxygen atoms in total. The second-order valence-corrected chi connectivity index (χ2v) is 4.57. The molecule has 0 radical (unpaired) electrons. The van der Waals surface area contributed by atoms with Crippen molar-refractivity contribution in [3.63, 3.8) is 0 Å². The maximum Gasteiger partial charge on any atom is 0.335 e. The van der Waals surface area contributed by atoms with E-state index in [9.17, 15) is 4.79 Å². The lowest BCUT2D eigenvalue weighted by molar-refractivity contribution is 0.0697. The van der Waals surface area contributed by atoms with Crippen LogP contribution in [0, 0.1) is 0 Å². The van der Waals surface area contributed by atoms with Gasteiger partial charge < -0.3 is 9.84 Å². The van der Waals surface area contributed by atoms with Crippen molar-refractivity contribution in [3.8, 4) is 5.75 Å². The number of para-hydroxylation sites is 1. The summed E-state index contributed by atoms with van der Waals surface area (Å²) in [5.41, 5.74) is 2.51. The zero-order chi connectivity index (χ0) is 14.8. The Morgan fingerprint density at radius 2 is 2.10 bits per heavy atom. The van der Waals surface area contributed by atoms with Crippen LogP contribution in [-0.2, 0) is 6.54 Å². The number of hydrogen-bond donors (Lipinski definition) is 1. The first-order chi connectivity index (χ1) is 10.2. The van der Waals surface area contributed by atoms with Crippen LogP contribution in [0.1, 0.15) is 15.9 Å². The van der Waals surface area contributed by atoms with Gasteiger partial charge >= 0.3 is 5.97 Å². The summed E-state index contributed by atoms with van der Waals surface area (Å²) in [6.45, 7) is 0.462. The van der Waals surface area contributed by atoms with Crippen LogP contribution in [0.2, 0.25) is 0 Å². The van der Waals surface area contributed by atoms with Gasteiger partial charge in [0.1, 0.15) is 11.3 Å². The molecule has 0 unspecified atom stereocenters. The van der Waals surface area contributed by atoms with Crippen molar-refractivity contribution in [1.82, 2.24) is 15.0 Å². The summed E-state index contributed by atoms with van der Waals surface area (Å²) in [6, 6.07) is 12.4. The quantitative estimate of drug-likeness (QED) is 0.794. The van der Waals surface area contributed by atoms with Gasteiger partial charge in [-0.05, 0) is 24.3 Å². The molecule has 106 valence electrons. The van der Waals surface area contributed by atoms with E-state index >= 15 is 0 Å². The fraction of sp³-hybridized carbons (Fsp3) is 0.133. The second-order valence-electron chi connectivity index (χ2n) is 4.57. The molecule has 1 heterocycles. The summed E-state index contributed by atoms with van der Waals surface area (Å²) >= 11 is 0. The number of aromatic carboxylic acids is 1. The second kappa shape index (κ2) is 5.24. The molecule has 3 aromatic rings. The number of carboxylic acids is 1. The van der Waals surface area contributed by atoms with Gasteiger partial charge in [-0.2, -0.15) is 0 Å². The standard InChI is InChI=1S/C15H13N3O3/c1-21-14-5-3-2-4-11(14)9-18-13-8-10(15(19)20)6-7-12(13)16-17-18/h2-8H,9H2,1H3,(H,19,20). The summed E-state index contributed by atoms with van der Waals surface area (Å²) < 4.78 is 6.98. The lowest BCUT2D eigenvalue weighted by Crippen LogP contribution is -2.04. The zero-order valence-corrected chi connectivity index (χ0v) is 11.4. The van der Waals surface area contributed by atoms with Gasteiger partial charge in [0.25, 0.3) is 0 Å². The van der Waals surface area contributed by atoms with Gasteiger partial charge in [0, 0.05) is 5.56 Å². The Morgan fingerprint density at radius 1 is 1.29 bits per heavy atom. The SMILES string of the molecule is COc1ccccc1Cn1nnc2ccc(C(=O)O)cc21. The highest BCUT2D eigenvalue weighted by Gasteiger charge is 2.11. The van der Waals surface area contributed by atoms with Crippen LogP contribution in [-0.4, -0.2) is 33.2 Å². The minimum atomic E-state index is -0.970. The Morgan fingerprint density at radius 3 is 2.86 bits per heavy atom. The van der Waals surface area contributed by atoms with Crippen LogP contribution in [0.4, 0.5) is 0 Å². The van der Waals surface area contributed by atoms with Gasteiger partial charge in [0.15, 0.2) is 0 Å². The normalized spacial score (nSPS) is 10.7. The van der Waals surface area contributed by atoms with Gasteiger partial charge in [-0.15, -0.1) is 5.10 Å². The van der Waals surface area contributed by atoms with Crippen molar-refractivity contribution >= 4 is 17.0 Å². The number of nitrogens with zero attached hydrogens (tertiary/aromatic N) is 3. The number of carboxylic acid groups (broad SMARTS) is 1. The Balaban J connectivity index is 2.04. The molecule has 0 aliphatic carbocycles. The molecule has 0 saturated carbocycles. The first kappa shape index (κ1) is 13.1. The molecule has 3 rings (SSSR count). The Labute approximate surface area is 120 Å². The van der Waals surface area contributed by atoms with Crippen LogP contribution in [0.15, 0.2) is 42.5 Å². The molecular formula is C15H13N3O3. The van der Waals surface area contributed by atoms with Gasteiger partial charge in [-0.25, -0.2) is 9.48 Å². The number of methoxy groups -OCH3 is 1. The van der Waals surface area contributed by atoms with Crippen molar-refractivity contribution in [3.05, 3.63) is 53.6 Å². The number of aromatic nitrogens is 3. The molecule has 0 spiro atoms. The summed E-state index contributed by atoms with van der Waals surface area (Å²) in [5, 5.41) is 17.2. The van der Waals surface area contributed by atoms with E-state index in [0.717, 1.165) is 11.3 Å². The Hall–Kier alpha value is -2.89. The first-order valence-electron chi connectivity index (χ1n) is 6.37. The van der Waals surface area contributed by atoms with Crippen molar-refractivity contribution in [1.29, 1.82) is 0 Å². The average molecular weight is 283 g/mol. The molecule has 0 aliphatic heterocycles. The largest absolute Gasteiger partial charge is 0.496 e. The lowest BCUT2D eigenvalue weighted by Gasteiger charge is -2.08. The van der Waals surface area contributed by atoms with Crippen LogP contribution >= 0.6 is 0 Å². The van der Waals surface area contributed by atoms with Crippen LogP contribution in [0.5, 0.6) is 5.75 Å². The van der Waals surface area contributed by atoms with Crippen LogP contribution in [0.3, 0.4) is 0 Å². The van der Waals surface area contributed by atoms with E-state index in [-0.39, 0.29) is 5.56 Å². The van der Waals surface area contributed by atoms with Crippen molar-refractivity contribution < 1.29 is 14.6 Å². The highest BCUT2D eigenvalue weighted by atomic mass is 16.5. The van der Waals surface area contributed by atoms with E-state index in [1.807, 2.05) is 24.3 Å². The fourth-order valence-electron chi connectivity index (χ4n) is 2.21. The highest BCUT2D eigenvalue weighted by Crippen LogP contribution is 2.20. The third-order valence-corrected chi connectivity index (χ3v) is 3.27. The third kappa shape index (κ3) is 2.43. The molecule has 0 amide bonds. The molecule has 2 aromatic carbocycles. The number of rotatable bonds is 4. The summed E-state index contributed by atoms with van der Waals surface area (Å²) in [5.74, 6) is -0.211. The number of hydrogen-bond acceptors (Lipinski definition) is 4. The average Bonchev–Trinajstić information content (AvgIpc) is 2.90. The maximum atomic E-state index is 11.1. The van der Waals surface area contributed by atoms with Gasteiger partial charge in [-0.3, -0.25) is 0 Å². The number of carbonyl (C=O) groups is 1. The topological polar surface area (TPSA) is 77.2 Å². The van der Waals surface area contributed by atoms with Crippen molar-refractivity contribution in [2.45, 2.75) is 6.54 Å². The molecule has 0 bridgehead atoms.